The van der Waals surface area contributed by atoms with E-state index in [0.29, 0.717) is 17.8 Å². The lowest BCUT2D eigenvalue weighted by Crippen LogP contribution is -2.36. The Hall–Kier alpha value is -1.55. The highest BCUT2D eigenvalue weighted by Gasteiger charge is 2.21. The van der Waals surface area contributed by atoms with Gasteiger partial charge in [0.25, 0.3) is 0 Å². The summed E-state index contributed by atoms with van der Waals surface area (Å²) in [6, 6.07) is 10.8. The van der Waals surface area contributed by atoms with E-state index in [1.54, 1.807) is 0 Å². The number of aliphatic imine (C=N–C) groups is 1. The third-order valence-corrected chi connectivity index (χ3v) is 4.42. The van der Waals surface area contributed by atoms with Crippen LogP contribution in [0.1, 0.15) is 51.1 Å². The molecule has 1 heterocycles. The normalized spacial score (nSPS) is 18.1. The molecule has 1 aliphatic heterocycles. The Bertz CT molecular complexity index is 467. The first-order valence-corrected chi connectivity index (χ1v) is 8.84. The van der Waals surface area contributed by atoms with Gasteiger partial charge in [0.15, 0.2) is 5.96 Å². The fourth-order valence-corrected chi connectivity index (χ4v) is 2.95. The third kappa shape index (κ3) is 6.61. The Morgan fingerprint density at radius 2 is 1.96 bits per heavy atom. The Morgan fingerprint density at radius 1 is 1.26 bits per heavy atom. The predicted octanol–water partition coefficient (Wildman–Crippen LogP) is 3.49. The van der Waals surface area contributed by atoms with Gasteiger partial charge in [-0.2, -0.15) is 0 Å². The molecule has 128 valence electrons. The molecule has 3 N–H and O–H groups in total. The average Bonchev–Trinajstić information content (AvgIpc) is 2.56. The fourth-order valence-electron chi connectivity index (χ4n) is 2.95. The summed E-state index contributed by atoms with van der Waals surface area (Å²) in [4.78, 5) is 4.48. The molecule has 0 amide bonds. The van der Waals surface area contributed by atoms with Gasteiger partial charge in [-0.05, 0) is 43.1 Å². The topological polar surface area (TPSA) is 59.6 Å². The predicted molar refractivity (Wildman–Crippen MR) is 96.4 cm³/mol. The van der Waals surface area contributed by atoms with Crippen LogP contribution in [0.25, 0.3) is 0 Å². The SMILES string of the molecule is CC(C)CCN=C(N)NC(CC1CCOCC1)c1ccccc1. The molecule has 1 aliphatic rings. The largest absolute Gasteiger partial charge is 0.381 e. The van der Waals surface area contributed by atoms with E-state index >= 15 is 0 Å². The van der Waals surface area contributed by atoms with Crippen molar-refractivity contribution in [2.24, 2.45) is 22.6 Å². The minimum Gasteiger partial charge on any atom is -0.381 e. The Labute approximate surface area is 140 Å². The average molecular weight is 317 g/mol. The van der Waals surface area contributed by atoms with Crippen molar-refractivity contribution in [2.45, 2.75) is 45.6 Å². The minimum atomic E-state index is 0.224. The lowest BCUT2D eigenvalue weighted by atomic mass is 9.89. The van der Waals surface area contributed by atoms with Crippen LogP contribution in [0.5, 0.6) is 0 Å². The number of nitrogens with zero attached hydrogens (tertiary/aromatic N) is 1. The lowest BCUT2D eigenvalue weighted by molar-refractivity contribution is 0.0612. The van der Waals surface area contributed by atoms with Gasteiger partial charge in [0.1, 0.15) is 0 Å². The van der Waals surface area contributed by atoms with Crippen LogP contribution in [0.15, 0.2) is 35.3 Å². The van der Waals surface area contributed by atoms with Crippen molar-refractivity contribution >= 4 is 5.96 Å². The summed E-state index contributed by atoms with van der Waals surface area (Å²) in [5, 5.41) is 3.44. The maximum atomic E-state index is 6.12. The molecule has 0 radical (unpaired) electrons. The molecule has 1 aromatic carbocycles. The summed E-state index contributed by atoms with van der Waals surface area (Å²) in [6.45, 7) is 6.96. The minimum absolute atomic E-state index is 0.224. The van der Waals surface area contributed by atoms with Crippen molar-refractivity contribution in [1.29, 1.82) is 0 Å². The van der Waals surface area contributed by atoms with Gasteiger partial charge in [0.2, 0.25) is 0 Å². The summed E-state index contributed by atoms with van der Waals surface area (Å²) >= 11 is 0. The molecule has 0 spiro atoms. The molecule has 0 bridgehead atoms. The van der Waals surface area contributed by atoms with Crippen LogP contribution in [0, 0.1) is 11.8 Å². The molecular weight excluding hydrogens is 286 g/mol. The molecule has 1 aromatic rings. The van der Waals surface area contributed by atoms with Gasteiger partial charge in [-0.15, -0.1) is 0 Å². The number of hydrogen-bond acceptors (Lipinski definition) is 2. The van der Waals surface area contributed by atoms with Gasteiger partial charge in [-0.3, -0.25) is 4.99 Å². The first kappa shape index (κ1) is 17.8. The second-order valence-corrected chi connectivity index (χ2v) is 6.85. The number of nitrogens with one attached hydrogen (secondary N) is 1. The molecule has 2 rings (SSSR count). The monoisotopic (exact) mass is 317 g/mol. The molecule has 0 saturated carbocycles. The summed E-state index contributed by atoms with van der Waals surface area (Å²) in [5.41, 5.74) is 7.40. The van der Waals surface area contributed by atoms with Crippen LogP contribution < -0.4 is 11.1 Å². The zero-order valence-corrected chi connectivity index (χ0v) is 14.5. The van der Waals surface area contributed by atoms with Crippen molar-refractivity contribution in [3.63, 3.8) is 0 Å². The summed E-state index contributed by atoms with van der Waals surface area (Å²) < 4.78 is 5.47. The number of rotatable bonds is 7. The molecule has 1 saturated heterocycles. The van der Waals surface area contributed by atoms with E-state index in [9.17, 15) is 0 Å². The van der Waals surface area contributed by atoms with E-state index in [-0.39, 0.29) is 6.04 Å². The lowest BCUT2D eigenvalue weighted by Gasteiger charge is -2.28. The summed E-state index contributed by atoms with van der Waals surface area (Å²) in [5.74, 6) is 1.90. The highest BCUT2D eigenvalue weighted by atomic mass is 16.5. The molecule has 4 heteroatoms. The van der Waals surface area contributed by atoms with Crippen molar-refractivity contribution in [2.75, 3.05) is 19.8 Å². The molecule has 0 aliphatic carbocycles. The van der Waals surface area contributed by atoms with E-state index in [2.05, 4.69) is 54.5 Å². The Balaban J connectivity index is 1.98. The molecule has 23 heavy (non-hydrogen) atoms. The molecule has 1 fully saturated rings. The van der Waals surface area contributed by atoms with Crippen molar-refractivity contribution in [3.05, 3.63) is 35.9 Å². The van der Waals surface area contributed by atoms with E-state index < -0.39 is 0 Å². The zero-order valence-electron chi connectivity index (χ0n) is 14.5. The van der Waals surface area contributed by atoms with Crippen LogP contribution in [0.2, 0.25) is 0 Å². The molecule has 1 atom stereocenters. The quantitative estimate of drug-likeness (QED) is 0.598. The van der Waals surface area contributed by atoms with Crippen LogP contribution in [-0.2, 0) is 4.74 Å². The van der Waals surface area contributed by atoms with Gasteiger partial charge in [0.05, 0.1) is 6.04 Å². The van der Waals surface area contributed by atoms with Crippen molar-refractivity contribution in [3.8, 4) is 0 Å². The highest BCUT2D eigenvalue weighted by molar-refractivity contribution is 5.78. The molecule has 1 unspecified atom stereocenters. The van der Waals surface area contributed by atoms with Crippen LogP contribution in [-0.4, -0.2) is 25.7 Å². The number of nitrogens with two attached hydrogens (primary N) is 1. The van der Waals surface area contributed by atoms with Gasteiger partial charge in [-0.25, -0.2) is 0 Å². The molecular formula is C19H31N3O. The van der Waals surface area contributed by atoms with Crippen LogP contribution >= 0.6 is 0 Å². The summed E-state index contributed by atoms with van der Waals surface area (Å²) in [6.07, 6.45) is 4.41. The number of guanidine groups is 1. The second kappa shape index (κ2) is 9.56. The maximum Gasteiger partial charge on any atom is 0.189 e. The van der Waals surface area contributed by atoms with Gasteiger partial charge >= 0.3 is 0 Å². The first-order chi connectivity index (χ1) is 11.1. The van der Waals surface area contributed by atoms with E-state index in [1.165, 1.54) is 5.56 Å². The number of benzene rings is 1. The summed E-state index contributed by atoms with van der Waals surface area (Å²) in [7, 11) is 0. The van der Waals surface area contributed by atoms with Crippen molar-refractivity contribution < 1.29 is 4.74 Å². The first-order valence-electron chi connectivity index (χ1n) is 8.84. The van der Waals surface area contributed by atoms with E-state index in [1.807, 2.05) is 0 Å². The highest BCUT2D eigenvalue weighted by Crippen LogP contribution is 2.27. The van der Waals surface area contributed by atoms with Crippen molar-refractivity contribution in [1.82, 2.24) is 5.32 Å². The number of ether oxygens (including phenoxy) is 1. The fraction of sp³-hybridized carbons (Fsp3) is 0.632. The molecule has 4 nitrogen and oxygen atoms in total. The maximum absolute atomic E-state index is 6.12. The number of hydrogen-bond donors (Lipinski definition) is 2. The molecule has 0 aromatic heterocycles. The van der Waals surface area contributed by atoms with Crippen LogP contribution in [0.3, 0.4) is 0 Å². The van der Waals surface area contributed by atoms with Gasteiger partial charge < -0.3 is 15.8 Å². The van der Waals surface area contributed by atoms with Gasteiger partial charge in [0, 0.05) is 19.8 Å². The Morgan fingerprint density at radius 3 is 2.61 bits per heavy atom. The van der Waals surface area contributed by atoms with Gasteiger partial charge in [-0.1, -0.05) is 44.2 Å². The Kier molecular flexibility index (Phi) is 7.40. The third-order valence-electron chi connectivity index (χ3n) is 4.42. The standard InChI is InChI=1S/C19H31N3O/c1-15(2)8-11-21-19(20)22-18(17-6-4-3-5-7-17)14-16-9-12-23-13-10-16/h3-7,15-16,18H,8-14H2,1-2H3,(H3,20,21,22). The second-order valence-electron chi connectivity index (χ2n) is 6.85. The zero-order chi connectivity index (χ0) is 16.5. The smallest absolute Gasteiger partial charge is 0.189 e. The van der Waals surface area contributed by atoms with E-state index in [4.69, 9.17) is 10.5 Å². The van der Waals surface area contributed by atoms with Crippen LogP contribution in [0.4, 0.5) is 0 Å². The van der Waals surface area contributed by atoms with E-state index in [0.717, 1.165) is 45.4 Å².